The summed E-state index contributed by atoms with van der Waals surface area (Å²) in [7, 11) is -3.38. The zero-order chi connectivity index (χ0) is 19.3. The third-order valence-corrected chi connectivity index (χ3v) is 6.54. The van der Waals surface area contributed by atoms with Crippen molar-refractivity contribution in [2.45, 2.75) is 12.3 Å². The summed E-state index contributed by atoms with van der Waals surface area (Å²) in [5.41, 5.74) is 1.94. The van der Waals surface area contributed by atoms with Crippen LogP contribution in [0.25, 0.3) is 0 Å². The largest absolute Gasteiger partial charge is 0.379 e. The van der Waals surface area contributed by atoms with Crippen LogP contribution in [0.15, 0.2) is 48.5 Å². The first-order chi connectivity index (χ1) is 13.0. The van der Waals surface area contributed by atoms with Crippen LogP contribution in [0.4, 0.5) is 0 Å². The third kappa shape index (κ3) is 5.29. The summed E-state index contributed by atoms with van der Waals surface area (Å²) >= 11 is 6.08. The predicted molar refractivity (Wildman–Crippen MR) is 104 cm³/mol. The molecule has 8 heteroatoms. The number of nitrogens with zero attached hydrogens (tertiary/aromatic N) is 1. The second-order valence-corrected chi connectivity index (χ2v) is 8.61. The lowest BCUT2D eigenvalue weighted by atomic mass is 10.1. The molecule has 1 amide bonds. The number of sulfonamides is 1. The summed E-state index contributed by atoms with van der Waals surface area (Å²) in [5.74, 6) is -0.327. The van der Waals surface area contributed by atoms with Crippen molar-refractivity contribution in [3.05, 3.63) is 70.2 Å². The van der Waals surface area contributed by atoms with Gasteiger partial charge in [-0.1, -0.05) is 41.9 Å². The van der Waals surface area contributed by atoms with Gasteiger partial charge in [0.15, 0.2) is 0 Å². The van der Waals surface area contributed by atoms with Gasteiger partial charge in [-0.2, -0.15) is 4.31 Å². The molecule has 2 aromatic carbocycles. The SMILES string of the molecule is O=C(NCc1ccccc1Cl)c1ccc(CS(=O)(=O)N2CCOCC2)cc1. The van der Waals surface area contributed by atoms with E-state index < -0.39 is 10.0 Å². The Bertz CT molecular complexity index is 894. The minimum absolute atomic E-state index is 0.0888. The molecule has 1 aliphatic rings. The van der Waals surface area contributed by atoms with E-state index in [2.05, 4.69) is 5.32 Å². The topological polar surface area (TPSA) is 75.7 Å². The Balaban J connectivity index is 1.59. The molecule has 1 N–H and O–H groups in total. The van der Waals surface area contributed by atoms with Crippen LogP contribution in [0.5, 0.6) is 0 Å². The molecule has 0 unspecified atom stereocenters. The van der Waals surface area contributed by atoms with Gasteiger partial charge >= 0.3 is 0 Å². The number of nitrogens with one attached hydrogen (secondary N) is 1. The molecule has 27 heavy (non-hydrogen) atoms. The number of morpholine rings is 1. The fraction of sp³-hybridized carbons (Fsp3) is 0.316. The number of rotatable bonds is 6. The molecule has 0 spiro atoms. The highest BCUT2D eigenvalue weighted by Crippen LogP contribution is 2.16. The smallest absolute Gasteiger partial charge is 0.251 e. The van der Waals surface area contributed by atoms with Gasteiger partial charge in [-0.25, -0.2) is 8.42 Å². The fourth-order valence-corrected chi connectivity index (χ4v) is 4.50. The molecular weight excluding hydrogens is 388 g/mol. The lowest BCUT2D eigenvalue weighted by Gasteiger charge is -2.26. The number of amides is 1. The highest BCUT2D eigenvalue weighted by molar-refractivity contribution is 7.88. The van der Waals surface area contributed by atoms with Crippen molar-refractivity contribution in [1.29, 1.82) is 0 Å². The number of carbonyl (C=O) groups is 1. The van der Waals surface area contributed by atoms with Crippen molar-refractivity contribution in [3.8, 4) is 0 Å². The van der Waals surface area contributed by atoms with E-state index in [1.165, 1.54) is 4.31 Å². The Morgan fingerprint density at radius 3 is 2.41 bits per heavy atom. The van der Waals surface area contributed by atoms with E-state index in [4.69, 9.17) is 16.3 Å². The number of ether oxygens (including phenoxy) is 1. The average Bonchev–Trinajstić information content (AvgIpc) is 2.68. The Morgan fingerprint density at radius 2 is 1.74 bits per heavy atom. The molecule has 1 saturated heterocycles. The van der Waals surface area contributed by atoms with E-state index in [-0.39, 0.29) is 11.7 Å². The number of hydrogen-bond acceptors (Lipinski definition) is 4. The third-order valence-electron chi connectivity index (χ3n) is 4.33. The van der Waals surface area contributed by atoms with Crippen molar-refractivity contribution in [2.75, 3.05) is 26.3 Å². The molecule has 3 rings (SSSR count). The van der Waals surface area contributed by atoms with Crippen molar-refractivity contribution < 1.29 is 17.9 Å². The summed E-state index contributed by atoms with van der Waals surface area (Å²) in [6.45, 7) is 1.93. The molecule has 0 bridgehead atoms. The van der Waals surface area contributed by atoms with Crippen molar-refractivity contribution in [3.63, 3.8) is 0 Å². The summed E-state index contributed by atoms with van der Waals surface area (Å²) in [5, 5.41) is 3.41. The second-order valence-electron chi connectivity index (χ2n) is 6.24. The summed E-state index contributed by atoms with van der Waals surface area (Å²) < 4.78 is 31.5. The maximum Gasteiger partial charge on any atom is 0.251 e. The van der Waals surface area contributed by atoms with Crippen LogP contribution in [0, 0.1) is 0 Å². The van der Waals surface area contributed by atoms with Crippen LogP contribution in [0.2, 0.25) is 5.02 Å². The maximum absolute atomic E-state index is 12.4. The quantitative estimate of drug-likeness (QED) is 0.796. The zero-order valence-electron chi connectivity index (χ0n) is 14.7. The van der Waals surface area contributed by atoms with Gasteiger partial charge in [-0.3, -0.25) is 4.79 Å². The summed E-state index contributed by atoms with van der Waals surface area (Å²) in [6.07, 6.45) is 0. The summed E-state index contributed by atoms with van der Waals surface area (Å²) in [4.78, 5) is 12.3. The zero-order valence-corrected chi connectivity index (χ0v) is 16.3. The summed E-state index contributed by atoms with van der Waals surface area (Å²) in [6, 6.07) is 13.9. The number of benzene rings is 2. The van der Waals surface area contributed by atoms with Crippen LogP contribution in [0.1, 0.15) is 21.5 Å². The van der Waals surface area contributed by atoms with Gasteiger partial charge < -0.3 is 10.1 Å². The molecule has 1 fully saturated rings. The standard InChI is InChI=1S/C19H21ClN2O4S/c20-18-4-2-1-3-17(18)13-21-19(23)16-7-5-15(6-8-16)14-27(24,25)22-9-11-26-12-10-22/h1-8H,9-14H2,(H,21,23). The van der Waals surface area contributed by atoms with Gasteiger partial charge in [0.2, 0.25) is 10.0 Å². The van der Waals surface area contributed by atoms with Crippen LogP contribution in [0.3, 0.4) is 0 Å². The second kappa shape index (κ2) is 8.84. The first-order valence-corrected chi connectivity index (χ1v) is 10.6. The molecule has 0 aliphatic carbocycles. The van der Waals surface area contributed by atoms with E-state index in [1.54, 1.807) is 30.3 Å². The van der Waals surface area contributed by atoms with Crippen LogP contribution in [-0.2, 0) is 27.1 Å². The molecule has 0 aromatic heterocycles. The highest BCUT2D eigenvalue weighted by atomic mass is 35.5. The van der Waals surface area contributed by atoms with Gasteiger partial charge in [-0.15, -0.1) is 0 Å². The van der Waals surface area contributed by atoms with Gasteiger partial charge in [0, 0.05) is 30.2 Å². The van der Waals surface area contributed by atoms with Crippen LogP contribution >= 0.6 is 11.6 Å². The Kier molecular flexibility index (Phi) is 6.49. The molecule has 0 atom stereocenters. The lowest BCUT2D eigenvalue weighted by molar-refractivity contribution is 0.0729. The molecule has 0 saturated carbocycles. The minimum Gasteiger partial charge on any atom is -0.379 e. The minimum atomic E-state index is -3.38. The maximum atomic E-state index is 12.4. The van der Waals surface area contributed by atoms with E-state index >= 15 is 0 Å². The van der Waals surface area contributed by atoms with Crippen molar-refractivity contribution in [1.82, 2.24) is 9.62 Å². The Morgan fingerprint density at radius 1 is 1.07 bits per heavy atom. The Labute approximate surface area is 164 Å². The van der Waals surface area contributed by atoms with Crippen LogP contribution in [-0.4, -0.2) is 44.9 Å². The molecule has 6 nitrogen and oxygen atoms in total. The Hall–Kier alpha value is -1.93. The number of hydrogen-bond donors (Lipinski definition) is 1. The van der Waals surface area contributed by atoms with Gasteiger partial charge in [0.05, 0.1) is 19.0 Å². The van der Waals surface area contributed by atoms with Gasteiger partial charge in [0.1, 0.15) is 0 Å². The number of carbonyl (C=O) groups excluding carboxylic acids is 1. The highest BCUT2D eigenvalue weighted by Gasteiger charge is 2.24. The van der Waals surface area contributed by atoms with Crippen molar-refractivity contribution in [2.24, 2.45) is 0 Å². The predicted octanol–water partition coefficient (Wildman–Crippen LogP) is 2.43. The molecule has 1 aliphatic heterocycles. The van der Waals surface area contributed by atoms with E-state index in [9.17, 15) is 13.2 Å². The molecule has 144 valence electrons. The van der Waals surface area contributed by atoms with E-state index in [0.717, 1.165) is 5.56 Å². The number of halogens is 1. The average molecular weight is 409 g/mol. The first-order valence-electron chi connectivity index (χ1n) is 8.62. The lowest BCUT2D eigenvalue weighted by Crippen LogP contribution is -2.41. The normalized spacial score (nSPS) is 15.4. The molecular formula is C19H21ClN2O4S. The fourth-order valence-electron chi connectivity index (χ4n) is 2.80. The van der Waals surface area contributed by atoms with Crippen LogP contribution < -0.4 is 5.32 Å². The molecule has 2 aromatic rings. The molecule has 0 radical (unpaired) electrons. The molecule has 1 heterocycles. The van der Waals surface area contributed by atoms with Crippen molar-refractivity contribution >= 4 is 27.5 Å². The van der Waals surface area contributed by atoms with Gasteiger partial charge in [-0.05, 0) is 29.3 Å². The van der Waals surface area contributed by atoms with Gasteiger partial charge in [0.25, 0.3) is 5.91 Å². The van der Waals surface area contributed by atoms with E-state index in [0.29, 0.717) is 49.0 Å². The first kappa shape index (κ1) is 19.8. The monoisotopic (exact) mass is 408 g/mol. The van der Waals surface area contributed by atoms with E-state index in [1.807, 2.05) is 18.2 Å².